The maximum atomic E-state index is 13.2. The Kier molecular flexibility index (Phi) is 8.03. The quantitative estimate of drug-likeness (QED) is 0.445. The standard InChI is InChI=1S/C26H30N4O5/c1-17(31)19-9-5-11-20(14-19)29-25(34)28-15-22(32)30(16-23(33)35-26(2,3)4)21-12-6-8-18-10-7-13-27-24(18)21/h5-14,17,31H,15-16H2,1-4H3,(H2,28,29,34). The van der Waals surface area contributed by atoms with Crippen LogP contribution in [0, 0.1) is 0 Å². The molecule has 3 rings (SSSR count). The number of esters is 1. The minimum atomic E-state index is -0.721. The van der Waals surface area contributed by atoms with E-state index in [9.17, 15) is 19.5 Å². The van der Waals surface area contributed by atoms with Gasteiger partial charge in [0.1, 0.15) is 12.1 Å². The van der Waals surface area contributed by atoms with Gasteiger partial charge in [0.2, 0.25) is 5.91 Å². The average Bonchev–Trinajstić information content (AvgIpc) is 2.80. The van der Waals surface area contributed by atoms with Gasteiger partial charge < -0.3 is 20.5 Å². The lowest BCUT2D eigenvalue weighted by molar-refractivity contribution is -0.153. The predicted octanol–water partition coefficient (Wildman–Crippen LogP) is 3.78. The van der Waals surface area contributed by atoms with Gasteiger partial charge in [0.15, 0.2) is 0 Å². The Bertz CT molecular complexity index is 1210. The SMILES string of the molecule is CC(O)c1cccc(NC(=O)NCC(=O)N(CC(=O)OC(C)(C)C)c2cccc3cccnc23)c1. The topological polar surface area (TPSA) is 121 Å². The Balaban J connectivity index is 1.77. The summed E-state index contributed by atoms with van der Waals surface area (Å²) in [5.41, 5.74) is 1.38. The highest BCUT2D eigenvalue weighted by Gasteiger charge is 2.25. The summed E-state index contributed by atoms with van der Waals surface area (Å²) in [4.78, 5) is 43.9. The van der Waals surface area contributed by atoms with Crippen molar-refractivity contribution in [1.82, 2.24) is 10.3 Å². The third kappa shape index (κ3) is 7.25. The minimum absolute atomic E-state index is 0.342. The van der Waals surface area contributed by atoms with Gasteiger partial charge in [-0.1, -0.05) is 30.3 Å². The van der Waals surface area contributed by atoms with Crippen molar-refractivity contribution in [2.24, 2.45) is 0 Å². The predicted molar refractivity (Wildman–Crippen MR) is 134 cm³/mol. The third-order valence-electron chi connectivity index (χ3n) is 4.94. The van der Waals surface area contributed by atoms with Gasteiger partial charge >= 0.3 is 12.0 Å². The molecule has 2 aromatic carbocycles. The van der Waals surface area contributed by atoms with Crippen LogP contribution in [0.15, 0.2) is 60.8 Å². The van der Waals surface area contributed by atoms with Gasteiger partial charge in [-0.2, -0.15) is 0 Å². The van der Waals surface area contributed by atoms with E-state index in [4.69, 9.17) is 4.74 Å². The van der Waals surface area contributed by atoms with Crippen molar-refractivity contribution in [3.8, 4) is 0 Å². The summed E-state index contributed by atoms with van der Waals surface area (Å²) in [6.45, 7) is 6.15. The first-order chi connectivity index (χ1) is 16.5. The molecule has 1 atom stereocenters. The molecule has 0 aliphatic carbocycles. The van der Waals surface area contributed by atoms with E-state index in [1.165, 1.54) is 4.90 Å². The second-order valence-electron chi connectivity index (χ2n) is 9.03. The lowest BCUT2D eigenvalue weighted by atomic mass is 10.1. The number of amides is 3. The molecule has 3 aromatic rings. The van der Waals surface area contributed by atoms with Gasteiger partial charge in [-0.25, -0.2) is 4.79 Å². The second-order valence-corrected chi connectivity index (χ2v) is 9.03. The van der Waals surface area contributed by atoms with E-state index >= 15 is 0 Å². The van der Waals surface area contributed by atoms with E-state index in [-0.39, 0.29) is 13.1 Å². The Labute approximate surface area is 204 Å². The smallest absolute Gasteiger partial charge is 0.326 e. The summed E-state index contributed by atoms with van der Waals surface area (Å²) in [5.74, 6) is -1.10. The maximum absolute atomic E-state index is 13.2. The van der Waals surface area contributed by atoms with E-state index in [2.05, 4.69) is 15.6 Å². The number of urea groups is 1. The van der Waals surface area contributed by atoms with Crippen LogP contribution in [0.5, 0.6) is 0 Å². The zero-order valence-electron chi connectivity index (χ0n) is 20.2. The van der Waals surface area contributed by atoms with Crippen molar-refractivity contribution in [3.63, 3.8) is 0 Å². The van der Waals surface area contributed by atoms with Crippen LogP contribution in [0.1, 0.15) is 39.4 Å². The molecule has 0 radical (unpaired) electrons. The largest absolute Gasteiger partial charge is 0.459 e. The fraction of sp³-hybridized carbons (Fsp3) is 0.308. The molecule has 1 aromatic heterocycles. The molecule has 0 fully saturated rings. The number of nitrogens with zero attached hydrogens (tertiary/aromatic N) is 2. The monoisotopic (exact) mass is 478 g/mol. The van der Waals surface area contributed by atoms with Crippen molar-refractivity contribution in [1.29, 1.82) is 0 Å². The van der Waals surface area contributed by atoms with Crippen LogP contribution in [0.25, 0.3) is 10.9 Å². The third-order valence-corrected chi connectivity index (χ3v) is 4.94. The number of para-hydroxylation sites is 1. The number of benzene rings is 2. The van der Waals surface area contributed by atoms with Gasteiger partial charge in [-0.15, -0.1) is 0 Å². The van der Waals surface area contributed by atoms with Crippen molar-refractivity contribution < 1.29 is 24.2 Å². The van der Waals surface area contributed by atoms with Crippen LogP contribution in [0.4, 0.5) is 16.2 Å². The number of carbonyl (C=O) groups excluding carboxylic acids is 3. The first-order valence-electron chi connectivity index (χ1n) is 11.2. The molecule has 1 heterocycles. The summed E-state index contributed by atoms with van der Waals surface area (Å²) < 4.78 is 5.41. The van der Waals surface area contributed by atoms with Crippen molar-refractivity contribution in [2.45, 2.75) is 39.4 Å². The van der Waals surface area contributed by atoms with E-state index in [0.717, 1.165) is 5.39 Å². The molecule has 0 saturated carbocycles. The van der Waals surface area contributed by atoms with Gasteiger partial charge in [0.05, 0.1) is 23.9 Å². The summed E-state index contributed by atoms with van der Waals surface area (Å²) in [6.07, 6.45) is 0.923. The number of carbonyl (C=O) groups is 3. The van der Waals surface area contributed by atoms with Gasteiger partial charge in [0.25, 0.3) is 0 Å². The molecule has 1 unspecified atom stereocenters. The number of aromatic nitrogens is 1. The van der Waals surface area contributed by atoms with E-state index in [0.29, 0.717) is 22.5 Å². The number of pyridine rings is 1. The van der Waals surface area contributed by atoms with Crippen molar-refractivity contribution >= 4 is 40.2 Å². The average molecular weight is 479 g/mol. The van der Waals surface area contributed by atoms with Crippen LogP contribution in [0.3, 0.4) is 0 Å². The highest BCUT2D eigenvalue weighted by atomic mass is 16.6. The Hall–Kier alpha value is -3.98. The number of ether oxygens (including phenoxy) is 1. The molecular formula is C26H30N4O5. The molecule has 0 aliphatic heterocycles. The molecule has 9 heteroatoms. The van der Waals surface area contributed by atoms with Gasteiger partial charge in [-0.3, -0.25) is 19.5 Å². The lowest BCUT2D eigenvalue weighted by Gasteiger charge is -2.26. The number of hydrogen-bond donors (Lipinski definition) is 3. The van der Waals surface area contributed by atoms with E-state index < -0.39 is 29.6 Å². The molecular weight excluding hydrogens is 448 g/mol. The number of aliphatic hydroxyl groups is 1. The highest BCUT2D eigenvalue weighted by Crippen LogP contribution is 2.25. The Morgan fingerprint density at radius 2 is 1.80 bits per heavy atom. The van der Waals surface area contributed by atoms with Crippen LogP contribution in [-0.4, -0.2) is 46.7 Å². The number of aliphatic hydroxyl groups excluding tert-OH is 1. The normalized spacial score (nSPS) is 12.0. The molecule has 0 aliphatic rings. The van der Waals surface area contributed by atoms with Crippen LogP contribution in [-0.2, 0) is 14.3 Å². The van der Waals surface area contributed by atoms with Crippen LogP contribution in [0.2, 0.25) is 0 Å². The second kappa shape index (κ2) is 11.0. The molecule has 9 nitrogen and oxygen atoms in total. The van der Waals surface area contributed by atoms with Crippen LogP contribution >= 0.6 is 0 Å². The molecule has 0 spiro atoms. The first-order valence-corrected chi connectivity index (χ1v) is 11.2. The summed E-state index contributed by atoms with van der Waals surface area (Å²) in [6, 6.07) is 15.1. The molecule has 35 heavy (non-hydrogen) atoms. The lowest BCUT2D eigenvalue weighted by Crippen LogP contribution is -2.45. The number of fused-ring (bicyclic) bond motifs is 1. The highest BCUT2D eigenvalue weighted by molar-refractivity contribution is 6.06. The zero-order chi connectivity index (χ0) is 25.6. The Morgan fingerprint density at radius 3 is 2.51 bits per heavy atom. The molecule has 0 saturated heterocycles. The first kappa shape index (κ1) is 25.6. The summed E-state index contributed by atoms with van der Waals surface area (Å²) in [5, 5.41) is 15.7. The Morgan fingerprint density at radius 1 is 1.09 bits per heavy atom. The van der Waals surface area contributed by atoms with Gasteiger partial charge in [-0.05, 0) is 57.5 Å². The fourth-order valence-corrected chi connectivity index (χ4v) is 3.42. The number of hydrogen-bond acceptors (Lipinski definition) is 6. The minimum Gasteiger partial charge on any atom is -0.459 e. The summed E-state index contributed by atoms with van der Waals surface area (Å²) in [7, 11) is 0. The van der Waals surface area contributed by atoms with Crippen molar-refractivity contribution in [3.05, 3.63) is 66.4 Å². The van der Waals surface area contributed by atoms with Crippen molar-refractivity contribution in [2.75, 3.05) is 23.3 Å². The van der Waals surface area contributed by atoms with E-state index in [1.54, 1.807) is 76.4 Å². The van der Waals surface area contributed by atoms with E-state index in [1.807, 2.05) is 12.1 Å². The maximum Gasteiger partial charge on any atom is 0.326 e. The molecule has 3 amide bonds. The number of nitrogens with one attached hydrogen (secondary N) is 2. The fourth-order valence-electron chi connectivity index (χ4n) is 3.42. The number of rotatable bonds is 7. The molecule has 184 valence electrons. The van der Waals surface area contributed by atoms with Crippen LogP contribution < -0.4 is 15.5 Å². The zero-order valence-corrected chi connectivity index (χ0v) is 20.2. The van der Waals surface area contributed by atoms with Gasteiger partial charge in [0, 0.05) is 17.3 Å². The molecule has 0 bridgehead atoms. The molecule has 3 N–H and O–H groups in total. The summed E-state index contributed by atoms with van der Waals surface area (Å²) >= 11 is 0. The number of anilines is 2.